The standard InChI is InChI=1S/C14H13BrN2O2/c1-10(13-3-2-8-19-13)16-17-14(18)9-11-4-6-12(15)7-5-11/h2-8H,9H2,1H3,(H,17,18)/b16-10+. The van der Waals surface area contributed by atoms with Gasteiger partial charge in [-0.15, -0.1) is 0 Å². The third kappa shape index (κ3) is 4.06. The Morgan fingerprint density at radius 3 is 2.68 bits per heavy atom. The lowest BCUT2D eigenvalue weighted by molar-refractivity contribution is -0.120. The van der Waals surface area contributed by atoms with Crippen molar-refractivity contribution in [3.05, 3.63) is 58.5 Å². The molecule has 0 saturated carbocycles. The van der Waals surface area contributed by atoms with Gasteiger partial charge in [-0.2, -0.15) is 5.10 Å². The highest BCUT2D eigenvalue weighted by Crippen LogP contribution is 2.10. The molecular formula is C14H13BrN2O2. The van der Waals surface area contributed by atoms with Crippen LogP contribution < -0.4 is 5.43 Å². The van der Waals surface area contributed by atoms with Crippen molar-refractivity contribution in [2.45, 2.75) is 13.3 Å². The number of amides is 1. The molecule has 0 atom stereocenters. The third-order valence-electron chi connectivity index (χ3n) is 2.50. The van der Waals surface area contributed by atoms with Crippen molar-refractivity contribution in [3.63, 3.8) is 0 Å². The zero-order valence-electron chi connectivity index (χ0n) is 10.4. The predicted octanol–water partition coefficient (Wildman–Crippen LogP) is 3.13. The van der Waals surface area contributed by atoms with Gasteiger partial charge < -0.3 is 4.42 Å². The van der Waals surface area contributed by atoms with Crippen molar-refractivity contribution >= 4 is 27.5 Å². The molecule has 0 aliphatic rings. The Labute approximate surface area is 119 Å². The van der Waals surface area contributed by atoms with Crippen LogP contribution in [0.4, 0.5) is 0 Å². The van der Waals surface area contributed by atoms with Gasteiger partial charge in [0.05, 0.1) is 12.7 Å². The van der Waals surface area contributed by atoms with Gasteiger partial charge in [-0.25, -0.2) is 5.43 Å². The molecule has 19 heavy (non-hydrogen) atoms. The first-order valence-corrected chi connectivity index (χ1v) is 6.56. The molecule has 2 rings (SSSR count). The van der Waals surface area contributed by atoms with Gasteiger partial charge in [0.15, 0.2) is 0 Å². The summed E-state index contributed by atoms with van der Waals surface area (Å²) < 4.78 is 6.16. The number of hydrazone groups is 1. The number of benzene rings is 1. The number of carbonyl (C=O) groups excluding carboxylic acids is 1. The van der Waals surface area contributed by atoms with Crippen molar-refractivity contribution in [1.29, 1.82) is 0 Å². The Balaban J connectivity index is 1.91. The van der Waals surface area contributed by atoms with Crippen LogP contribution in [-0.2, 0) is 11.2 Å². The minimum atomic E-state index is -0.159. The summed E-state index contributed by atoms with van der Waals surface area (Å²) in [5.74, 6) is 0.483. The maximum Gasteiger partial charge on any atom is 0.244 e. The molecule has 0 unspecified atom stereocenters. The first-order valence-electron chi connectivity index (χ1n) is 5.76. The Morgan fingerprint density at radius 1 is 1.32 bits per heavy atom. The highest BCUT2D eigenvalue weighted by atomic mass is 79.9. The summed E-state index contributed by atoms with van der Waals surface area (Å²) in [6, 6.07) is 11.2. The molecule has 0 radical (unpaired) electrons. The van der Waals surface area contributed by atoms with Gasteiger partial charge >= 0.3 is 0 Å². The second kappa shape index (κ2) is 6.33. The van der Waals surface area contributed by atoms with Gasteiger partial charge in [-0.05, 0) is 36.8 Å². The van der Waals surface area contributed by atoms with Crippen LogP contribution in [0.15, 0.2) is 56.7 Å². The van der Waals surface area contributed by atoms with Gasteiger partial charge in [0.25, 0.3) is 0 Å². The van der Waals surface area contributed by atoms with E-state index in [9.17, 15) is 4.79 Å². The number of nitrogens with zero attached hydrogens (tertiary/aromatic N) is 1. The van der Waals surface area contributed by atoms with Gasteiger partial charge in [0.1, 0.15) is 11.5 Å². The lowest BCUT2D eigenvalue weighted by Crippen LogP contribution is -2.21. The Hall–Kier alpha value is -1.88. The number of hydrogen-bond acceptors (Lipinski definition) is 3. The molecule has 0 aliphatic heterocycles. The topological polar surface area (TPSA) is 54.6 Å². The summed E-state index contributed by atoms with van der Waals surface area (Å²) in [5.41, 5.74) is 4.08. The van der Waals surface area contributed by atoms with E-state index in [4.69, 9.17) is 4.42 Å². The Morgan fingerprint density at radius 2 is 2.05 bits per heavy atom. The molecule has 1 N–H and O–H groups in total. The van der Waals surface area contributed by atoms with E-state index in [-0.39, 0.29) is 5.91 Å². The molecule has 1 aromatic carbocycles. The lowest BCUT2D eigenvalue weighted by atomic mass is 10.1. The number of nitrogens with one attached hydrogen (secondary N) is 1. The van der Waals surface area contributed by atoms with Crippen molar-refractivity contribution < 1.29 is 9.21 Å². The van der Waals surface area contributed by atoms with Crippen LogP contribution in [0.5, 0.6) is 0 Å². The summed E-state index contributed by atoms with van der Waals surface area (Å²) in [4.78, 5) is 11.7. The third-order valence-corrected chi connectivity index (χ3v) is 3.03. The molecular weight excluding hydrogens is 308 g/mol. The van der Waals surface area contributed by atoms with Gasteiger partial charge in [0.2, 0.25) is 5.91 Å². The van der Waals surface area contributed by atoms with Crippen LogP contribution in [0.1, 0.15) is 18.2 Å². The molecule has 1 aromatic heterocycles. The van der Waals surface area contributed by atoms with E-state index in [1.54, 1.807) is 25.3 Å². The van der Waals surface area contributed by atoms with Crippen LogP contribution in [-0.4, -0.2) is 11.6 Å². The molecule has 0 bridgehead atoms. The monoisotopic (exact) mass is 320 g/mol. The van der Waals surface area contributed by atoms with Gasteiger partial charge in [-0.3, -0.25) is 4.79 Å². The second-order valence-electron chi connectivity index (χ2n) is 4.01. The van der Waals surface area contributed by atoms with Gasteiger partial charge in [-0.1, -0.05) is 28.1 Å². The van der Waals surface area contributed by atoms with E-state index >= 15 is 0 Å². The smallest absolute Gasteiger partial charge is 0.244 e. The van der Waals surface area contributed by atoms with E-state index < -0.39 is 0 Å². The molecule has 0 spiro atoms. The van der Waals surface area contributed by atoms with Crippen molar-refractivity contribution in [1.82, 2.24) is 5.43 Å². The van der Waals surface area contributed by atoms with Crippen LogP contribution >= 0.6 is 15.9 Å². The summed E-state index contributed by atoms with van der Waals surface area (Å²) in [6.45, 7) is 1.78. The highest BCUT2D eigenvalue weighted by molar-refractivity contribution is 9.10. The Kier molecular flexibility index (Phi) is 4.52. The SMILES string of the molecule is C/C(=N\NC(=O)Cc1ccc(Br)cc1)c1ccco1. The zero-order chi connectivity index (χ0) is 13.7. The number of halogens is 1. The maximum atomic E-state index is 11.7. The molecule has 0 saturated heterocycles. The molecule has 0 fully saturated rings. The van der Waals surface area contributed by atoms with Gasteiger partial charge in [0, 0.05) is 4.47 Å². The fraction of sp³-hybridized carbons (Fsp3) is 0.143. The Bertz CT molecular complexity index is 574. The first-order chi connectivity index (χ1) is 9.15. The molecule has 1 heterocycles. The molecule has 1 amide bonds. The van der Waals surface area contributed by atoms with Crippen LogP contribution in [0.3, 0.4) is 0 Å². The highest BCUT2D eigenvalue weighted by Gasteiger charge is 2.04. The van der Waals surface area contributed by atoms with Crippen LogP contribution in [0.2, 0.25) is 0 Å². The summed E-state index contributed by atoms with van der Waals surface area (Å²) >= 11 is 3.35. The fourth-order valence-corrected chi connectivity index (χ4v) is 1.78. The number of hydrogen-bond donors (Lipinski definition) is 1. The molecule has 4 nitrogen and oxygen atoms in total. The minimum Gasteiger partial charge on any atom is -0.463 e. The average Bonchev–Trinajstić information content (AvgIpc) is 2.93. The van der Waals surface area contributed by atoms with Crippen LogP contribution in [0.25, 0.3) is 0 Å². The van der Waals surface area contributed by atoms with E-state index in [1.165, 1.54) is 0 Å². The van der Waals surface area contributed by atoms with Crippen molar-refractivity contribution in [2.75, 3.05) is 0 Å². The van der Waals surface area contributed by atoms with E-state index in [0.717, 1.165) is 10.0 Å². The van der Waals surface area contributed by atoms with Crippen molar-refractivity contribution in [2.24, 2.45) is 5.10 Å². The van der Waals surface area contributed by atoms with E-state index in [2.05, 4.69) is 26.5 Å². The molecule has 2 aromatic rings. The normalized spacial score (nSPS) is 11.4. The molecule has 0 aliphatic carbocycles. The van der Waals surface area contributed by atoms with E-state index in [0.29, 0.717) is 17.9 Å². The molecule has 5 heteroatoms. The number of rotatable bonds is 4. The van der Waals surface area contributed by atoms with Crippen LogP contribution in [0, 0.1) is 0 Å². The predicted molar refractivity (Wildman–Crippen MR) is 76.9 cm³/mol. The van der Waals surface area contributed by atoms with Crippen molar-refractivity contribution in [3.8, 4) is 0 Å². The zero-order valence-corrected chi connectivity index (χ0v) is 12.0. The van der Waals surface area contributed by atoms with E-state index in [1.807, 2.05) is 24.3 Å². The second-order valence-corrected chi connectivity index (χ2v) is 4.93. The lowest BCUT2D eigenvalue weighted by Gasteiger charge is -2.02. The number of furan rings is 1. The summed E-state index contributed by atoms with van der Waals surface area (Å²) in [6.07, 6.45) is 1.86. The quantitative estimate of drug-likeness (QED) is 0.695. The largest absolute Gasteiger partial charge is 0.463 e. The number of carbonyl (C=O) groups is 1. The summed E-state index contributed by atoms with van der Waals surface area (Å²) in [5, 5.41) is 3.99. The average molecular weight is 321 g/mol. The minimum absolute atomic E-state index is 0.159. The first kappa shape index (κ1) is 13.5. The maximum absolute atomic E-state index is 11.7. The summed E-state index contributed by atoms with van der Waals surface area (Å²) in [7, 11) is 0. The molecule has 98 valence electrons. The fourth-order valence-electron chi connectivity index (χ4n) is 1.51.